The molecule has 0 aliphatic carbocycles. The monoisotopic (exact) mass is 256 g/mol. The Morgan fingerprint density at radius 3 is 2.53 bits per heavy atom. The quantitative estimate of drug-likeness (QED) is 0.495. The number of nitrogens with zero attached hydrogens (tertiary/aromatic N) is 1. The number of amides is 1. The van der Waals surface area contributed by atoms with Crippen molar-refractivity contribution in [3.63, 3.8) is 0 Å². The summed E-state index contributed by atoms with van der Waals surface area (Å²) in [6, 6.07) is 6.14. The maximum absolute atomic E-state index is 10.9. The first kappa shape index (κ1) is 13.0. The summed E-state index contributed by atoms with van der Waals surface area (Å²) in [7, 11) is -3.56. The minimum Gasteiger partial charge on any atom is -0.369 e. The van der Waals surface area contributed by atoms with Crippen LogP contribution in [0.5, 0.6) is 0 Å². The molecule has 7 nitrogen and oxygen atoms in total. The summed E-state index contributed by atoms with van der Waals surface area (Å²) in [5.74, 6) is -0.874. The van der Waals surface area contributed by atoms with E-state index in [0.717, 1.165) is 6.26 Å². The van der Waals surface area contributed by atoms with Crippen molar-refractivity contribution >= 4 is 27.6 Å². The fourth-order valence-electron chi connectivity index (χ4n) is 1.10. The lowest BCUT2D eigenvalue weighted by molar-refractivity contribution is 0.100. The Morgan fingerprint density at radius 2 is 2.00 bits per heavy atom. The molecule has 0 saturated carbocycles. The molecular weight excluding hydrogens is 244 g/mol. The van der Waals surface area contributed by atoms with Gasteiger partial charge in [0.1, 0.15) is 0 Å². The molecule has 8 heteroatoms. The number of hydrogen-bond acceptors (Lipinski definition) is 3. The number of hydrogen-bond donors (Lipinski definition) is 3. The van der Waals surface area contributed by atoms with E-state index in [1.165, 1.54) is 12.1 Å². The van der Waals surface area contributed by atoms with Gasteiger partial charge in [-0.25, -0.2) is 8.42 Å². The van der Waals surface area contributed by atoms with Crippen LogP contribution in [-0.4, -0.2) is 26.5 Å². The Morgan fingerprint density at radius 1 is 1.35 bits per heavy atom. The van der Waals surface area contributed by atoms with Gasteiger partial charge in [-0.1, -0.05) is 6.07 Å². The average Bonchev–Trinajstić information content (AvgIpc) is 2.14. The molecule has 0 spiro atoms. The Balaban J connectivity index is 2.93. The number of benzene rings is 1. The highest BCUT2D eigenvalue weighted by molar-refractivity contribution is 7.89. The zero-order chi connectivity index (χ0) is 13.1. The van der Waals surface area contributed by atoms with Gasteiger partial charge in [0.2, 0.25) is 11.9 Å². The van der Waals surface area contributed by atoms with Crippen molar-refractivity contribution in [1.29, 1.82) is 0 Å². The third-order valence-electron chi connectivity index (χ3n) is 1.68. The normalized spacial score (nSPS) is 12.2. The molecule has 0 aliphatic heterocycles. The summed E-state index contributed by atoms with van der Waals surface area (Å²) < 4.78 is 24.9. The number of carbonyl (C=O) groups is 1. The fourth-order valence-corrected chi connectivity index (χ4v) is 1.50. The number of rotatable bonds is 3. The summed E-state index contributed by atoms with van der Waals surface area (Å²) in [5.41, 5.74) is 11.2. The van der Waals surface area contributed by atoms with Crippen LogP contribution < -0.4 is 16.8 Å². The molecule has 0 unspecified atom stereocenters. The molecule has 17 heavy (non-hydrogen) atoms. The second kappa shape index (κ2) is 4.83. The zero-order valence-electron chi connectivity index (χ0n) is 9.04. The summed E-state index contributed by atoms with van der Waals surface area (Å²) in [6.07, 6.45) is 0.918. The summed E-state index contributed by atoms with van der Waals surface area (Å²) in [6.45, 7) is 0. The highest BCUT2D eigenvalue weighted by atomic mass is 32.2. The van der Waals surface area contributed by atoms with Gasteiger partial charge < -0.3 is 16.8 Å². The first-order valence-corrected chi connectivity index (χ1v) is 6.35. The third kappa shape index (κ3) is 4.51. The largest absolute Gasteiger partial charge is 0.369 e. The van der Waals surface area contributed by atoms with Crippen molar-refractivity contribution in [2.45, 2.75) is 0 Å². The summed E-state index contributed by atoms with van der Waals surface area (Å²) in [5, 5.41) is 2.53. The number of primary amides is 1. The maximum Gasteiger partial charge on any atom is 0.253 e. The molecule has 0 radical (unpaired) electrons. The van der Waals surface area contributed by atoms with E-state index >= 15 is 0 Å². The van der Waals surface area contributed by atoms with Crippen LogP contribution in [0.4, 0.5) is 5.69 Å². The third-order valence-corrected chi connectivity index (χ3v) is 2.21. The standard InChI is InChI=1S/C9H12N4O3S/c1-17(15,16)13-9(11)12-7-4-2-3-6(5-7)8(10)14/h2-5H,1H3,(H2,10,14)(H3,11,12,13). The first-order valence-electron chi connectivity index (χ1n) is 4.50. The van der Waals surface area contributed by atoms with E-state index in [0.29, 0.717) is 5.69 Å². The maximum atomic E-state index is 10.9. The summed E-state index contributed by atoms with van der Waals surface area (Å²) in [4.78, 5) is 10.9. The molecule has 0 bridgehead atoms. The van der Waals surface area contributed by atoms with E-state index in [2.05, 4.69) is 9.71 Å². The van der Waals surface area contributed by atoms with Gasteiger partial charge >= 0.3 is 0 Å². The Hall–Kier alpha value is -2.09. The van der Waals surface area contributed by atoms with E-state index in [-0.39, 0.29) is 11.5 Å². The topological polar surface area (TPSA) is 128 Å². The van der Waals surface area contributed by atoms with Crippen LogP contribution >= 0.6 is 0 Å². The lowest BCUT2D eigenvalue weighted by Gasteiger charge is -2.05. The van der Waals surface area contributed by atoms with Crippen LogP contribution in [0, 0.1) is 0 Å². The van der Waals surface area contributed by atoms with Crippen molar-refractivity contribution in [2.24, 2.45) is 15.9 Å². The molecule has 1 aromatic rings. The minimum atomic E-state index is -3.56. The Bertz CT molecular complexity index is 565. The van der Waals surface area contributed by atoms with Gasteiger partial charge in [-0.3, -0.25) is 4.79 Å². The van der Waals surface area contributed by atoms with E-state index < -0.39 is 15.9 Å². The van der Waals surface area contributed by atoms with Gasteiger partial charge in [-0.05, 0) is 18.2 Å². The number of nitrogens with two attached hydrogens (primary N) is 2. The summed E-state index contributed by atoms with van der Waals surface area (Å²) >= 11 is 0. The van der Waals surface area contributed by atoms with Crippen LogP contribution in [0.2, 0.25) is 0 Å². The van der Waals surface area contributed by atoms with Gasteiger partial charge in [-0.15, -0.1) is 4.40 Å². The highest BCUT2D eigenvalue weighted by Crippen LogP contribution is 2.09. The van der Waals surface area contributed by atoms with Gasteiger partial charge in [0.15, 0.2) is 0 Å². The molecule has 5 N–H and O–H groups in total. The lowest BCUT2D eigenvalue weighted by Crippen LogP contribution is -2.24. The number of anilines is 1. The van der Waals surface area contributed by atoms with Crippen LogP contribution in [0.25, 0.3) is 0 Å². The molecular formula is C9H12N4O3S. The van der Waals surface area contributed by atoms with Crippen molar-refractivity contribution in [2.75, 3.05) is 11.6 Å². The van der Waals surface area contributed by atoms with Crippen LogP contribution in [0.3, 0.4) is 0 Å². The fraction of sp³-hybridized carbons (Fsp3) is 0.111. The van der Waals surface area contributed by atoms with Crippen molar-refractivity contribution in [3.8, 4) is 0 Å². The SMILES string of the molecule is CS(=O)(=O)N=C(N)Nc1cccc(C(N)=O)c1. The van der Waals surface area contributed by atoms with E-state index in [1.54, 1.807) is 12.1 Å². The predicted molar refractivity (Wildman–Crippen MR) is 65.0 cm³/mol. The zero-order valence-corrected chi connectivity index (χ0v) is 9.86. The Labute approximate surface area is 98.6 Å². The Kier molecular flexibility index (Phi) is 3.69. The van der Waals surface area contributed by atoms with Crippen LogP contribution in [-0.2, 0) is 10.0 Å². The van der Waals surface area contributed by atoms with E-state index in [4.69, 9.17) is 11.5 Å². The van der Waals surface area contributed by atoms with Gasteiger partial charge in [0.05, 0.1) is 6.26 Å². The predicted octanol–water partition coefficient (Wildman–Crippen LogP) is -0.528. The van der Waals surface area contributed by atoms with Gasteiger partial charge in [-0.2, -0.15) is 0 Å². The molecule has 0 aromatic heterocycles. The molecule has 0 atom stereocenters. The molecule has 92 valence electrons. The minimum absolute atomic E-state index is 0.280. The molecule has 0 saturated heterocycles. The second-order valence-electron chi connectivity index (χ2n) is 3.28. The van der Waals surface area contributed by atoms with Crippen molar-refractivity contribution in [1.82, 2.24) is 0 Å². The van der Waals surface area contributed by atoms with Gasteiger partial charge in [0.25, 0.3) is 10.0 Å². The first-order chi connectivity index (χ1) is 7.78. The number of nitrogens with one attached hydrogen (secondary N) is 1. The van der Waals surface area contributed by atoms with Gasteiger partial charge in [0, 0.05) is 11.3 Å². The molecule has 1 rings (SSSR count). The molecule has 1 aromatic carbocycles. The number of guanidine groups is 1. The molecule has 0 aliphatic rings. The second-order valence-corrected chi connectivity index (χ2v) is 4.93. The van der Waals surface area contributed by atoms with E-state index in [1.807, 2.05) is 0 Å². The molecule has 0 heterocycles. The average molecular weight is 256 g/mol. The lowest BCUT2D eigenvalue weighted by atomic mass is 10.2. The highest BCUT2D eigenvalue weighted by Gasteiger charge is 2.03. The number of sulfonamides is 1. The van der Waals surface area contributed by atoms with Crippen LogP contribution in [0.1, 0.15) is 10.4 Å². The van der Waals surface area contributed by atoms with Crippen molar-refractivity contribution < 1.29 is 13.2 Å². The molecule has 1 amide bonds. The smallest absolute Gasteiger partial charge is 0.253 e. The van der Waals surface area contributed by atoms with Crippen LogP contribution in [0.15, 0.2) is 28.7 Å². The van der Waals surface area contributed by atoms with Crippen molar-refractivity contribution in [3.05, 3.63) is 29.8 Å². The molecule has 0 fully saturated rings. The number of carbonyl (C=O) groups excluding carboxylic acids is 1. The van der Waals surface area contributed by atoms with E-state index in [9.17, 15) is 13.2 Å².